The van der Waals surface area contributed by atoms with Crippen molar-refractivity contribution < 1.29 is 9.53 Å². The van der Waals surface area contributed by atoms with Crippen molar-refractivity contribution in [2.75, 3.05) is 23.9 Å². The topological polar surface area (TPSA) is 66.5 Å². The molecule has 1 aliphatic rings. The minimum absolute atomic E-state index is 0.0127. The van der Waals surface area contributed by atoms with Gasteiger partial charge in [-0.15, -0.1) is 11.3 Å². The van der Waals surface area contributed by atoms with Gasteiger partial charge in [-0.05, 0) is 72.5 Å². The molecule has 30 heavy (non-hydrogen) atoms. The molecule has 154 valence electrons. The molecule has 1 amide bonds. The molecule has 1 saturated heterocycles. The van der Waals surface area contributed by atoms with E-state index in [9.17, 15) is 4.79 Å². The molecule has 0 unspecified atom stereocenters. The Bertz CT molecular complexity index is 1040. The summed E-state index contributed by atoms with van der Waals surface area (Å²) in [5.74, 6) is -0.189. The highest BCUT2D eigenvalue weighted by Gasteiger charge is 2.41. The van der Waals surface area contributed by atoms with E-state index in [-0.39, 0.29) is 24.6 Å². The summed E-state index contributed by atoms with van der Waals surface area (Å²) in [4.78, 5) is 19.7. The van der Waals surface area contributed by atoms with E-state index in [0.29, 0.717) is 10.8 Å². The van der Waals surface area contributed by atoms with Gasteiger partial charge < -0.3 is 20.3 Å². The van der Waals surface area contributed by atoms with E-state index >= 15 is 0 Å². The van der Waals surface area contributed by atoms with Crippen LogP contribution in [0.5, 0.6) is 0 Å². The average molecular weight is 439 g/mol. The summed E-state index contributed by atoms with van der Waals surface area (Å²) in [6.07, 6.45) is 1.80. The van der Waals surface area contributed by atoms with Crippen LogP contribution >= 0.6 is 23.6 Å². The van der Waals surface area contributed by atoms with E-state index in [1.807, 2.05) is 42.5 Å². The lowest BCUT2D eigenvalue weighted by molar-refractivity contribution is -0.119. The standard InChI is InChI=1S/C22H22N4O2S2/c1-14-10-12-30-21(14)20-19(17-5-3-4-11-23-17)25-22(29)26(20)16-8-6-15(7-9-16)24-18(27)13-28-2/h3-12,19-20H,13H2,1-2H3,(H,24,27)(H,25,29)/t19-,20-/m1/s1. The molecule has 2 N–H and O–H groups in total. The highest BCUT2D eigenvalue weighted by atomic mass is 32.1. The van der Waals surface area contributed by atoms with Crippen LogP contribution in [-0.4, -0.2) is 29.7 Å². The number of nitrogens with one attached hydrogen (secondary N) is 2. The van der Waals surface area contributed by atoms with Crippen molar-refractivity contribution in [3.63, 3.8) is 0 Å². The molecule has 0 bridgehead atoms. The summed E-state index contributed by atoms with van der Waals surface area (Å²) in [6.45, 7) is 2.14. The largest absolute Gasteiger partial charge is 0.375 e. The fourth-order valence-electron chi connectivity index (χ4n) is 3.62. The number of hydrogen-bond donors (Lipinski definition) is 2. The van der Waals surface area contributed by atoms with Crippen molar-refractivity contribution in [1.82, 2.24) is 10.3 Å². The third-order valence-corrected chi connectivity index (χ3v) is 6.38. The number of benzene rings is 1. The molecule has 1 fully saturated rings. The lowest BCUT2D eigenvalue weighted by Gasteiger charge is -2.27. The van der Waals surface area contributed by atoms with E-state index in [2.05, 4.69) is 38.9 Å². The number of ether oxygens (including phenoxy) is 1. The maximum atomic E-state index is 11.8. The number of rotatable bonds is 6. The zero-order valence-corrected chi connectivity index (χ0v) is 18.3. The second kappa shape index (κ2) is 8.91. The lowest BCUT2D eigenvalue weighted by Crippen LogP contribution is -2.29. The first-order chi connectivity index (χ1) is 14.6. The van der Waals surface area contributed by atoms with Gasteiger partial charge in [0.15, 0.2) is 5.11 Å². The zero-order valence-electron chi connectivity index (χ0n) is 16.7. The maximum absolute atomic E-state index is 11.8. The van der Waals surface area contributed by atoms with Gasteiger partial charge in [-0.1, -0.05) is 6.07 Å². The molecule has 1 aliphatic heterocycles. The molecule has 0 radical (unpaired) electrons. The Morgan fingerprint density at radius 3 is 2.70 bits per heavy atom. The van der Waals surface area contributed by atoms with Gasteiger partial charge in [0.25, 0.3) is 0 Å². The molecule has 4 rings (SSSR count). The van der Waals surface area contributed by atoms with E-state index in [0.717, 1.165) is 11.4 Å². The maximum Gasteiger partial charge on any atom is 0.250 e. The lowest BCUT2D eigenvalue weighted by atomic mass is 10.0. The first-order valence-corrected chi connectivity index (χ1v) is 10.8. The highest BCUT2D eigenvalue weighted by Crippen LogP contribution is 2.44. The average Bonchev–Trinajstić information content (AvgIpc) is 3.32. The van der Waals surface area contributed by atoms with Crippen LogP contribution < -0.4 is 15.5 Å². The number of thiocarbonyl (C=S) groups is 1. The number of aromatic nitrogens is 1. The zero-order chi connectivity index (χ0) is 21.1. The molecule has 0 saturated carbocycles. The van der Waals surface area contributed by atoms with Crippen molar-refractivity contribution in [3.05, 3.63) is 76.2 Å². The Kier molecular flexibility index (Phi) is 6.08. The van der Waals surface area contributed by atoms with Crippen LogP contribution in [0.2, 0.25) is 0 Å². The van der Waals surface area contributed by atoms with Crippen LogP contribution in [0.25, 0.3) is 0 Å². The number of nitrogens with zero attached hydrogens (tertiary/aromatic N) is 2. The number of aryl methyl sites for hydroxylation is 1. The summed E-state index contributed by atoms with van der Waals surface area (Å²) < 4.78 is 4.86. The predicted octanol–water partition coefficient (Wildman–Crippen LogP) is 4.21. The summed E-state index contributed by atoms with van der Waals surface area (Å²) in [6, 6.07) is 15.7. The Labute approximate surface area is 184 Å². The first kappa shape index (κ1) is 20.5. The molecular formula is C22H22N4O2S2. The van der Waals surface area contributed by atoms with Crippen molar-refractivity contribution in [2.45, 2.75) is 19.0 Å². The summed E-state index contributed by atoms with van der Waals surface area (Å²) >= 11 is 7.46. The van der Waals surface area contributed by atoms with E-state index in [4.69, 9.17) is 17.0 Å². The molecule has 3 heterocycles. The Morgan fingerprint density at radius 2 is 2.07 bits per heavy atom. The third-order valence-electron chi connectivity index (χ3n) is 4.97. The van der Waals surface area contributed by atoms with Crippen molar-refractivity contribution in [3.8, 4) is 0 Å². The molecule has 8 heteroatoms. The fraction of sp³-hybridized carbons (Fsp3) is 0.227. The van der Waals surface area contributed by atoms with Crippen molar-refractivity contribution in [1.29, 1.82) is 0 Å². The number of methoxy groups -OCH3 is 1. The van der Waals surface area contributed by atoms with Crippen LogP contribution in [0.1, 0.15) is 28.2 Å². The van der Waals surface area contributed by atoms with Crippen LogP contribution in [-0.2, 0) is 9.53 Å². The van der Waals surface area contributed by atoms with Crippen LogP contribution in [0.15, 0.2) is 60.1 Å². The molecule has 0 aliphatic carbocycles. The third kappa shape index (κ3) is 4.07. The summed E-state index contributed by atoms with van der Waals surface area (Å²) in [7, 11) is 1.49. The van der Waals surface area contributed by atoms with Gasteiger partial charge in [-0.25, -0.2) is 0 Å². The fourth-order valence-corrected chi connectivity index (χ4v) is 5.02. The molecular weight excluding hydrogens is 416 g/mol. The van der Waals surface area contributed by atoms with Crippen LogP contribution in [0.3, 0.4) is 0 Å². The molecule has 1 aromatic carbocycles. The van der Waals surface area contributed by atoms with Crippen molar-refractivity contribution in [2.24, 2.45) is 0 Å². The van der Waals surface area contributed by atoms with Gasteiger partial charge in [-0.3, -0.25) is 9.78 Å². The molecule has 2 atom stereocenters. The number of pyridine rings is 1. The molecule has 2 aromatic heterocycles. The van der Waals surface area contributed by atoms with Gasteiger partial charge in [0, 0.05) is 29.6 Å². The SMILES string of the molecule is COCC(=O)Nc1ccc(N2C(=S)N[C@H](c3ccccn3)[C@@H]2c2sccc2C)cc1. The van der Waals surface area contributed by atoms with Crippen LogP contribution in [0.4, 0.5) is 11.4 Å². The normalized spacial score (nSPS) is 18.3. The minimum atomic E-state index is -0.189. The number of anilines is 2. The number of carbonyl (C=O) groups excluding carboxylic acids is 1. The molecule has 0 spiro atoms. The Morgan fingerprint density at radius 1 is 1.27 bits per heavy atom. The van der Waals surface area contributed by atoms with Gasteiger partial charge >= 0.3 is 0 Å². The molecule has 3 aromatic rings. The smallest absolute Gasteiger partial charge is 0.250 e. The second-order valence-corrected chi connectivity index (χ2v) is 8.33. The van der Waals surface area contributed by atoms with E-state index in [1.54, 1.807) is 17.5 Å². The van der Waals surface area contributed by atoms with Crippen molar-refractivity contribution >= 4 is 45.9 Å². The summed E-state index contributed by atoms with van der Waals surface area (Å²) in [5.41, 5.74) is 3.84. The van der Waals surface area contributed by atoms with Gasteiger partial charge in [0.2, 0.25) is 5.91 Å². The Hall–Kier alpha value is -2.81. The quantitative estimate of drug-likeness (QED) is 0.562. The monoisotopic (exact) mass is 438 g/mol. The molecule has 6 nitrogen and oxygen atoms in total. The second-order valence-electron chi connectivity index (χ2n) is 6.99. The minimum Gasteiger partial charge on any atom is -0.375 e. The number of amides is 1. The number of thiophene rings is 1. The van der Waals surface area contributed by atoms with E-state index in [1.165, 1.54) is 17.6 Å². The van der Waals surface area contributed by atoms with Gasteiger partial charge in [-0.2, -0.15) is 0 Å². The number of carbonyl (C=O) groups is 1. The first-order valence-electron chi connectivity index (χ1n) is 9.52. The van der Waals surface area contributed by atoms with E-state index < -0.39 is 0 Å². The summed E-state index contributed by atoms with van der Waals surface area (Å²) in [5, 5.41) is 9.04. The highest BCUT2D eigenvalue weighted by molar-refractivity contribution is 7.80. The van der Waals surface area contributed by atoms with Crippen LogP contribution in [0, 0.1) is 6.92 Å². The number of hydrogen-bond acceptors (Lipinski definition) is 5. The van der Waals surface area contributed by atoms with Gasteiger partial charge in [0.05, 0.1) is 17.8 Å². The Balaban J connectivity index is 1.68. The van der Waals surface area contributed by atoms with Gasteiger partial charge in [0.1, 0.15) is 6.61 Å². The predicted molar refractivity (Wildman–Crippen MR) is 124 cm³/mol.